The number of carbonyl (C=O) groups is 1. The predicted octanol–water partition coefficient (Wildman–Crippen LogP) is 3.22. The maximum atomic E-state index is 11.4. The van der Waals surface area contributed by atoms with Gasteiger partial charge in [0.2, 0.25) is 0 Å². The van der Waals surface area contributed by atoms with Crippen LogP contribution in [0, 0.1) is 0 Å². The van der Waals surface area contributed by atoms with Crippen LogP contribution in [0.4, 0.5) is 0 Å². The van der Waals surface area contributed by atoms with Gasteiger partial charge in [-0.05, 0) is 32.9 Å². The maximum absolute atomic E-state index is 11.4. The van der Waals surface area contributed by atoms with E-state index >= 15 is 0 Å². The van der Waals surface area contributed by atoms with E-state index in [1.807, 2.05) is 32.9 Å². The molecule has 0 saturated carbocycles. The van der Waals surface area contributed by atoms with E-state index in [1.54, 1.807) is 12.1 Å². The molecule has 1 rings (SSSR count). The third kappa shape index (κ3) is 5.63. The number of ether oxygens (including phenoxy) is 1. The van der Waals surface area contributed by atoms with Crippen molar-refractivity contribution in [2.75, 3.05) is 5.75 Å². The van der Waals surface area contributed by atoms with Crippen LogP contribution in [0.3, 0.4) is 0 Å². The fourth-order valence-electron chi connectivity index (χ4n) is 1.22. The summed E-state index contributed by atoms with van der Waals surface area (Å²) in [7, 11) is 0. The number of hydrogen-bond donors (Lipinski definition) is 1. The first-order valence-electron chi connectivity index (χ1n) is 5.51. The normalized spacial score (nSPS) is 11.2. The molecule has 0 heterocycles. The molecule has 0 saturated heterocycles. The number of carbonyl (C=O) groups excluding carboxylic acids is 1. The number of esters is 1. The van der Waals surface area contributed by atoms with Crippen molar-refractivity contribution in [3.8, 4) is 5.75 Å². The summed E-state index contributed by atoms with van der Waals surface area (Å²) in [4.78, 5) is 12.2. The summed E-state index contributed by atoms with van der Waals surface area (Å²) in [6.45, 7) is 5.54. The van der Waals surface area contributed by atoms with Crippen LogP contribution in [0.5, 0.6) is 5.75 Å². The molecule has 0 fully saturated rings. The molecule has 17 heavy (non-hydrogen) atoms. The predicted molar refractivity (Wildman–Crippen MR) is 69.3 cm³/mol. The van der Waals surface area contributed by atoms with Crippen LogP contribution in [0.15, 0.2) is 29.2 Å². The Balaban J connectivity index is 2.34. The van der Waals surface area contributed by atoms with Crippen LogP contribution < -0.4 is 0 Å². The van der Waals surface area contributed by atoms with Gasteiger partial charge in [0.25, 0.3) is 0 Å². The minimum atomic E-state index is -0.434. The highest BCUT2D eigenvalue weighted by Crippen LogP contribution is 2.28. The summed E-state index contributed by atoms with van der Waals surface area (Å²) >= 11 is 1.45. The van der Waals surface area contributed by atoms with Crippen LogP contribution in [-0.2, 0) is 9.53 Å². The van der Waals surface area contributed by atoms with E-state index in [1.165, 1.54) is 11.8 Å². The first-order valence-corrected chi connectivity index (χ1v) is 6.50. The summed E-state index contributed by atoms with van der Waals surface area (Å²) in [5.41, 5.74) is -0.434. The van der Waals surface area contributed by atoms with Crippen molar-refractivity contribution in [1.82, 2.24) is 0 Å². The van der Waals surface area contributed by atoms with E-state index in [0.717, 1.165) is 4.90 Å². The SMILES string of the molecule is CC(C)(C)OC(=O)CCSc1ccccc1O. The number of rotatable bonds is 4. The third-order valence-electron chi connectivity index (χ3n) is 1.85. The molecule has 0 radical (unpaired) electrons. The van der Waals surface area contributed by atoms with Gasteiger partial charge in [-0.1, -0.05) is 12.1 Å². The van der Waals surface area contributed by atoms with Crippen LogP contribution in [-0.4, -0.2) is 22.4 Å². The lowest BCUT2D eigenvalue weighted by Gasteiger charge is -2.19. The number of hydrogen-bond acceptors (Lipinski definition) is 4. The molecule has 4 heteroatoms. The van der Waals surface area contributed by atoms with Gasteiger partial charge in [-0.15, -0.1) is 11.8 Å². The second-order valence-corrected chi connectivity index (χ2v) is 5.79. The number of phenols is 1. The van der Waals surface area contributed by atoms with E-state index < -0.39 is 5.60 Å². The minimum absolute atomic E-state index is 0.208. The van der Waals surface area contributed by atoms with Crippen molar-refractivity contribution >= 4 is 17.7 Å². The molecule has 0 unspecified atom stereocenters. The van der Waals surface area contributed by atoms with Gasteiger partial charge in [-0.2, -0.15) is 0 Å². The molecular weight excluding hydrogens is 236 g/mol. The van der Waals surface area contributed by atoms with E-state index in [4.69, 9.17) is 4.74 Å². The Kier molecular flexibility index (Phi) is 4.87. The van der Waals surface area contributed by atoms with Crippen molar-refractivity contribution in [2.24, 2.45) is 0 Å². The molecular formula is C13H18O3S. The van der Waals surface area contributed by atoms with Crippen LogP contribution in [0.1, 0.15) is 27.2 Å². The zero-order valence-electron chi connectivity index (χ0n) is 10.4. The van der Waals surface area contributed by atoms with Crippen molar-refractivity contribution < 1.29 is 14.6 Å². The summed E-state index contributed by atoms with van der Waals surface area (Å²) < 4.78 is 5.19. The molecule has 3 nitrogen and oxygen atoms in total. The summed E-state index contributed by atoms with van der Waals surface area (Å²) in [6, 6.07) is 7.09. The van der Waals surface area contributed by atoms with E-state index in [2.05, 4.69) is 0 Å². The molecule has 0 aliphatic carbocycles. The second kappa shape index (κ2) is 5.96. The van der Waals surface area contributed by atoms with Crippen molar-refractivity contribution in [3.63, 3.8) is 0 Å². The van der Waals surface area contributed by atoms with E-state index in [0.29, 0.717) is 12.2 Å². The number of thioether (sulfide) groups is 1. The Hall–Kier alpha value is -1.16. The number of para-hydroxylation sites is 1. The Morgan fingerprint density at radius 1 is 1.35 bits per heavy atom. The first-order chi connectivity index (χ1) is 7.88. The highest BCUT2D eigenvalue weighted by Gasteiger charge is 2.15. The zero-order valence-corrected chi connectivity index (χ0v) is 11.2. The molecule has 1 N–H and O–H groups in total. The van der Waals surface area contributed by atoms with Crippen molar-refractivity contribution in [2.45, 2.75) is 37.7 Å². The van der Waals surface area contributed by atoms with Crippen LogP contribution >= 0.6 is 11.8 Å². The Morgan fingerprint density at radius 2 is 2.00 bits per heavy atom. The molecule has 0 spiro atoms. The molecule has 1 aromatic carbocycles. The van der Waals surface area contributed by atoms with Crippen LogP contribution in [0.25, 0.3) is 0 Å². The zero-order chi connectivity index (χ0) is 12.9. The fraction of sp³-hybridized carbons (Fsp3) is 0.462. The fourth-order valence-corrected chi connectivity index (χ4v) is 2.10. The van der Waals surface area contributed by atoms with Crippen molar-refractivity contribution in [1.29, 1.82) is 0 Å². The first kappa shape index (κ1) is 13.9. The Labute approximate surface area is 106 Å². The molecule has 0 aromatic heterocycles. The lowest BCUT2D eigenvalue weighted by atomic mass is 10.2. The summed E-state index contributed by atoms with van der Waals surface area (Å²) in [5, 5.41) is 9.53. The van der Waals surface area contributed by atoms with Gasteiger partial charge in [0, 0.05) is 10.6 Å². The van der Waals surface area contributed by atoms with E-state index in [9.17, 15) is 9.90 Å². The Bertz CT molecular complexity index is 382. The Morgan fingerprint density at radius 3 is 2.59 bits per heavy atom. The number of aromatic hydroxyl groups is 1. The topological polar surface area (TPSA) is 46.5 Å². The van der Waals surface area contributed by atoms with Gasteiger partial charge < -0.3 is 9.84 Å². The van der Waals surface area contributed by atoms with Gasteiger partial charge in [-0.3, -0.25) is 4.79 Å². The van der Waals surface area contributed by atoms with Crippen LogP contribution in [0.2, 0.25) is 0 Å². The standard InChI is InChI=1S/C13H18O3S/c1-13(2,3)16-12(15)8-9-17-11-7-5-4-6-10(11)14/h4-7,14H,8-9H2,1-3H3. The number of phenolic OH excluding ortho intramolecular Hbond substituents is 1. The van der Waals surface area contributed by atoms with Gasteiger partial charge in [0.15, 0.2) is 0 Å². The second-order valence-electron chi connectivity index (χ2n) is 4.65. The van der Waals surface area contributed by atoms with Crippen molar-refractivity contribution in [3.05, 3.63) is 24.3 Å². The molecule has 94 valence electrons. The molecule has 0 atom stereocenters. The van der Waals surface area contributed by atoms with E-state index in [-0.39, 0.29) is 11.7 Å². The summed E-state index contributed by atoms with van der Waals surface area (Å²) in [5.74, 6) is 0.647. The monoisotopic (exact) mass is 254 g/mol. The molecule has 0 bridgehead atoms. The quantitative estimate of drug-likeness (QED) is 0.662. The minimum Gasteiger partial charge on any atom is -0.507 e. The summed E-state index contributed by atoms with van der Waals surface area (Å²) in [6.07, 6.45) is 0.344. The number of benzene rings is 1. The lowest BCUT2D eigenvalue weighted by Crippen LogP contribution is -2.23. The highest BCUT2D eigenvalue weighted by molar-refractivity contribution is 7.99. The molecule has 1 aromatic rings. The van der Waals surface area contributed by atoms with Gasteiger partial charge >= 0.3 is 5.97 Å². The highest BCUT2D eigenvalue weighted by atomic mass is 32.2. The lowest BCUT2D eigenvalue weighted by molar-refractivity contribution is -0.154. The average molecular weight is 254 g/mol. The molecule has 0 amide bonds. The average Bonchev–Trinajstić information content (AvgIpc) is 2.18. The smallest absolute Gasteiger partial charge is 0.307 e. The third-order valence-corrected chi connectivity index (χ3v) is 2.91. The molecule has 0 aliphatic rings. The molecule has 0 aliphatic heterocycles. The van der Waals surface area contributed by atoms with Gasteiger partial charge in [-0.25, -0.2) is 0 Å². The van der Waals surface area contributed by atoms with Gasteiger partial charge in [0.1, 0.15) is 11.4 Å². The maximum Gasteiger partial charge on any atom is 0.307 e. The van der Waals surface area contributed by atoms with Gasteiger partial charge in [0.05, 0.1) is 6.42 Å². The largest absolute Gasteiger partial charge is 0.507 e.